The van der Waals surface area contributed by atoms with Gasteiger partial charge in [0, 0.05) is 24.8 Å². The van der Waals surface area contributed by atoms with Gasteiger partial charge >= 0.3 is 0 Å². The molecule has 108 valence electrons. The summed E-state index contributed by atoms with van der Waals surface area (Å²) < 4.78 is 0. The molecule has 1 aliphatic carbocycles. The summed E-state index contributed by atoms with van der Waals surface area (Å²) in [5.74, 6) is 0.135. The number of nitrogens with one attached hydrogen (secondary N) is 1. The minimum Gasteiger partial charge on any atom is -0.329 e. The van der Waals surface area contributed by atoms with Crippen LogP contribution in [-0.4, -0.2) is 36.0 Å². The van der Waals surface area contributed by atoms with Gasteiger partial charge in [0.1, 0.15) is 0 Å². The number of hydrogen-bond acceptors (Lipinski definition) is 3. The molecule has 4 heteroatoms. The Morgan fingerprint density at radius 1 is 1.25 bits per heavy atom. The molecule has 1 aliphatic heterocycles. The van der Waals surface area contributed by atoms with Crippen LogP contribution in [0.2, 0.25) is 0 Å². The Bertz CT molecular complexity index is 484. The second kappa shape index (κ2) is 5.94. The predicted octanol–water partition coefficient (Wildman–Crippen LogP) is 1.75. The van der Waals surface area contributed by atoms with Crippen LogP contribution in [0.15, 0.2) is 24.3 Å². The molecule has 1 unspecified atom stereocenters. The van der Waals surface area contributed by atoms with Gasteiger partial charge in [0.25, 0.3) is 0 Å². The van der Waals surface area contributed by atoms with Crippen LogP contribution < -0.4 is 11.1 Å². The lowest BCUT2D eigenvalue weighted by Gasteiger charge is -2.41. The summed E-state index contributed by atoms with van der Waals surface area (Å²) in [5, 5.41) is 3.09. The second-order valence-corrected chi connectivity index (χ2v) is 5.81. The lowest BCUT2D eigenvalue weighted by atomic mass is 9.89. The molecule has 1 aromatic carbocycles. The molecule has 0 saturated heterocycles. The summed E-state index contributed by atoms with van der Waals surface area (Å²) in [6.07, 6.45) is 5.53. The maximum atomic E-state index is 12.5. The minimum atomic E-state index is -0.0313. The minimum absolute atomic E-state index is 0.0313. The van der Waals surface area contributed by atoms with Crippen LogP contribution in [0.3, 0.4) is 0 Å². The maximum Gasteiger partial charge on any atom is 0.241 e. The van der Waals surface area contributed by atoms with E-state index in [4.69, 9.17) is 5.73 Å². The summed E-state index contributed by atoms with van der Waals surface area (Å²) in [4.78, 5) is 14.9. The van der Waals surface area contributed by atoms with Crippen molar-refractivity contribution < 1.29 is 4.79 Å². The Morgan fingerprint density at radius 3 is 2.75 bits per heavy atom. The van der Waals surface area contributed by atoms with Crippen LogP contribution in [0.4, 0.5) is 5.69 Å². The van der Waals surface area contributed by atoms with Crippen molar-refractivity contribution in [3.05, 3.63) is 29.8 Å². The Hall–Kier alpha value is -1.39. The first kappa shape index (κ1) is 13.6. The molecule has 1 atom stereocenters. The van der Waals surface area contributed by atoms with Crippen LogP contribution in [0.1, 0.15) is 31.2 Å². The van der Waals surface area contributed by atoms with Gasteiger partial charge in [-0.3, -0.25) is 9.69 Å². The molecule has 3 N–H and O–H groups in total. The first-order valence-electron chi connectivity index (χ1n) is 7.64. The number of nitrogens with two attached hydrogens (primary N) is 1. The van der Waals surface area contributed by atoms with Crippen molar-refractivity contribution in [3.63, 3.8) is 0 Å². The fourth-order valence-corrected chi connectivity index (χ4v) is 3.28. The molecule has 1 fully saturated rings. The van der Waals surface area contributed by atoms with Gasteiger partial charge in [-0.2, -0.15) is 0 Å². The standard InChI is InChI=1S/C16H23N3O/c17-10-11-19(13-5-3-6-13)15-9-8-12-4-1-2-7-14(12)18-16(15)20/h1-2,4,7,13,15H,3,5-6,8-11,17H2,(H,18,20). The van der Waals surface area contributed by atoms with Gasteiger partial charge in [-0.1, -0.05) is 24.6 Å². The number of para-hydroxylation sites is 1. The highest BCUT2D eigenvalue weighted by molar-refractivity contribution is 5.96. The van der Waals surface area contributed by atoms with Crippen molar-refractivity contribution in [3.8, 4) is 0 Å². The van der Waals surface area contributed by atoms with Crippen LogP contribution in [0.5, 0.6) is 0 Å². The Labute approximate surface area is 120 Å². The monoisotopic (exact) mass is 273 g/mol. The molecule has 2 aliphatic rings. The number of carbonyl (C=O) groups is 1. The molecule has 3 rings (SSSR count). The summed E-state index contributed by atoms with van der Waals surface area (Å²) in [6, 6.07) is 8.63. The van der Waals surface area contributed by atoms with Crippen molar-refractivity contribution in [1.82, 2.24) is 4.90 Å². The number of carbonyl (C=O) groups excluding carboxylic acids is 1. The van der Waals surface area contributed by atoms with Gasteiger partial charge in [-0.15, -0.1) is 0 Å². The third-order valence-corrected chi connectivity index (χ3v) is 4.60. The average Bonchev–Trinajstić information content (AvgIpc) is 2.54. The van der Waals surface area contributed by atoms with E-state index in [1.165, 1.54) is 24.8 Å². The van der Waals surface area contributed by atoms with Crippen LogP contribution >= 0.6 is 0 Å². The Morgan fingerprint density at radius 2 is 2.05 bits per heavy atom. The van der Waals surface area contributed by atoms with E-state index in [1.54, 1.807) is 0 Å². The summed E-state index contributed by atoms with van der Waals surface area (Å²) >= 11 is 0. The average molecular weight is 273 g/mol. The summed E-state index contributed by atoms with van der Waals surface area (Å²) in [7, 11) is 0. The number of fused-ring (bicyclic) bond motifs is 1. The SMILES string of the molecule is NCCN(C1CCC1)C1CCc2ccccc2NC1=O. The molecule has 1 amide bonds. The van der Waals surface area contributed by atoms with Gasteiger partial charge in [0.15, 0.2) is 0 Å². The molecule has 0 spiro atoms. The zero-order chi connectivity index (χ0) is 13.9. The van der Waals surface area contributed by atoms with Gasteiger partial charge < -0.3 is 11.1 Å². The zero-order valence-corrected chi connectivity index (χ0v) is 11.8. The first-order valence-corrected chi connectivity index (χ1v) is 7.64. The Kier molecular flexibility index (Phi) is 4.03. The predicted molar refractivity (Wildman–Crippen MR) is 80.6 cm³/mol. The van der Waals surface area contributed by atoms with Crippen LogP contribution in [0, 0.1) is 0 Å². The molecule has 20 heavy (non-hydrogen) atoms. The van der Waals surface area contributed by atoms with Crippen molar-refractivity contribution in [1.29, 1.82) is 0 Å². The normalized spacial score (nSPS) is 22.9. The molecule has 0 bridgehead atoms. The lowest BCUT2D eigenvalue weighted by Crippen LogP contribution is -2.53. The maximum absolute atomic E-state index is 12.5. The number of amides is 1. The molecule has 1 aromatic rings. The van der Waals surface area contributed by atoms with Crippen LogP contribution in [0.25, 0.3) is 0 Å². The number of rotatable bonds is 4. The van der Waals surface area contributed by atoms with E-state index in [0.717, 1.165) is 25.1 Å². The molecule has 1 heterocycles. The smallest absolute Gasteiger partial charge is 0.241 e. The number of aryl methyl sites for hydroxylation is 1. The summed E-state index contributed by atoms with van der Waals surface area (Å²) in [5.41, 5.74) is 7.96. The third kappa shape index (κ3) is 2.58. The van der Waals surface area contributed by atoms with E-state index in [1.807, 2.05) is 18.2 Å². The van der Waals surface area contributed by atoms with E-state index in [0.29, 0.717) is 12.6 Å². The highest BCUT2D eigenvalue weighted by Crippen LogP contribution is 2.30. The topological polar surface area (TPSA) is 58.4 Å². The van der Waals surface area contributed by atoms with Crippen LogP contribution in [-0.2, 0) is 11.2 Å². The number of nitrogens with zero attached hydrogens (tertiary/aromatic N) is 1. The van der Waals surface area contributed by atoms with Gasteiger partial charge in [0.05, 0.1) is 6.04 Å². The molecule has 1 saturated carbocycles. The Balaban J connectivity index is 1.78. The fraction of sp³-hybridized carbons (Fsp3) is 0.562. The van der Waals surface area contributed by atoms with Crippen molar-refractivity contribution in [2.45, 2.75) is 44.2 Å². The quantitative estimate of drug-likeness (QED) is 0.878. The van der Waals surface area contributed by atoms with Crippen molar-refractivity contribution in [2.24, 2.45) is 5.73 Å². The van der Waals surface area contributed by atoms with E-state index in [-0.39, 0.29) is 11.9 Å². The second-order valence-electron chi connectivity index (χ2n) is 5.81. The number of benzene rings is 1. The molecule has 4 nitrogen and oxygen atoms in total. The molecular formula is C16H23N3O. The van der Waals surface area contributed by atoms with Gasteiger partial charge in [-0.25, -0.2) is 0 Å². The molecular weight excluding hydrogens is 250 g/mol. The van der Waals surface area contributed by atoms with Gasteiger partial charge in [-0.05, 0) is 37.3 Å². The highest BCUT2D eigenvalue weighted by atomic mass is 16.2. The third-order valence-electron chi connectivity index (χ3n) is 4.60. The first-order chi connectivity index (χ1) is 9.79. The highest BCUT2D eigenvalue weighted by Gasteiger charge is 2.35. The van der Waals surface area contributed by atoms with Gasteiger partial charge in [0.2, 0.25) is 5.91 Å². The lowest BCUT2D eigenvalue weighted by molar-refractivity contribution is -0.123. The van der Waals surface area contributed by atoms with E-state index in [9.17, 15) is 4.79 Å². The number of anilines is 1. The van der Waals surface area contributed by atoms with E-state index < -0.39 is 0 Å². The largest absolute Gasteiger partial charge is 0.329 e. The fourth-order valence-electron chi connectivity index (χ4n) is 3.28. The summed E-state index contributed by atoms with van der Waals surface area (Å²) in [6.45, 7) is 1.44. The number of hydrogen-bond donors (Lipinski definition) is 2. The molecule has 0 aromatic heterocycles. The van der Waals surface area contributed by atoms with E-state index in [2.05, 4.69) is 16.3 Å². The molecule has 0 radical (unpaired) electrons. The van der Waals surface area contributed by atoms with E-state index >= 15 is 0 Å². The van der Waals surface area contributed by atoms with Crippen molar-refractivity contribution >= 4 is 11.6 Å². The zero-order valence-electron chi connectivity index (χ0n) is 11.8. The van der Waals surface area contributed by atoms with Crippen molar-refractivity contribution in [2.75, 3.05) is 18.4 Å².